The Labute approximate surface area is 99.0 Å². The number of halogens is 2. The van der Waals surface area contributed by atoms with Gasteiger partial charge < -0.3 is 5.73 Å². The molecule has 0 radical (unpaired) electrons. The zero-order valence-electron chi connectivity index (χ0n) is 9.13. The molecule has 0 aliphatic carbocycles. The molecule has 1 aromatic rings. The van der Waals surface area contributed by atoms with Gasteiger partial charge in [0.15, 0.2) is 0 Å². The Morgan fingerprint density at radius 1 is 1.40 bits per heavy atom. The zero-order valence-corrected chi connectivity index (χ0v) is 10.7. The van der Waals surface area contributed by atoms with Gasteiger partial charge in [0.2, 0.25) is 0 Å². The highest BCUT2D eigenvalue weighted by Gasteiger charge is 2.14. The molecule has 0 aliphatic heterocycles. The molecule has 0 fully saturated rings. The minimum Gasteiger partial charge on any atom is -0.330 e. The van der Waals surface area contributed by atoms with Gasteiger partial charge >= 0.3 is 0 Å². The summed E-state index contributed by atoms with van der Waals surface area (Å²) < 4.78 is 13.8. The van der Waals surface area contributed by atoms with Crippen LogP contribution in [0.25, 0.3) is 0 Å². The van der Waals surface area contributed by atoms with Gasteiger partial charge in [-0.05, 0) is 52.4 Å². The van der Waals surface area contributed by atoms with Crippen molar-refractivity contribution in [3.05, 3.63) is 34.1 Å². The van der Waals surface area contributed by atoms with Gasteiger partial charge in [0.1, 0.15) is 5.82 Å². The molecule has 15 heavy (non-hydrogen) atoms. The van der Waals surface area contributed by atoms with Crippen LogP contribution in [0.3, 0.4) is 0 Å². The first-order valence-electron chi connectivity index (χ1n) is 5.19. The van der Waals surface area contributed by atoms with Crippen LogP contribution in [-0.4, -0.2) is 6.54 Å². The molecule has 1 atom stereocenters. The van der Waals surface area contributed by atoms with E-state index in [-0.39, 0.29) is 5.82 Å². The average Bonchev–Trinajstić information content (AvgIpc) is 2.19. The molecule has 1 unspecified atom stereocenters. The molecule has 3 heteroatoms. The zero-order chi connectivity index (χ0) is 11.4. The Morgan fingerprint density at radius 3 is 2.60 bits per heavy atom. The van der Waals surface area contributed by atoms with E-state index in [4.69, 9.17) is 5.73 Å². The third-order valence-corrected chi connectivity index (χ3v) is 3.65. The van der Waals surface area contributed by atoms with Crippen LogP contribution in [-0.2, 0) is 6.42 Å². The summed E-state index contributed by atoms with van der Waals surface area (Å²) in [6.07, 6.45) is 0.826. The monoisotopic (exact) mass is 273 g/mol. The number of rotatable bonds is 4. The molecule has 2 N–H and O–H groups in total. The van der Waals surface area contributed by atoms with E-state index in [1.807, 2.05) is 6.07 Å². The molecule has 0 aliphatic rings. The van der Waals surface area contributed by atoms with Gasteiger partial charge in [0, 0.05) is 0 Å². The molecule has 1 rings (SSSR count). The van der Waals surface area contributed by atoms with Gasteiger partial charge in [-0.25, -0.2) is 4.39 Å². The van der Waals surface area contributed by atoms with E-state index in [1.54, 1.807) is 6.07 Å². The molecule has 0 aromatic heterocycles. The largest absolute Gasteiger partial charge is 0.330 e. The normalized spacial score (nSPS) is 13.2. The van der Waals surface area contributed by atoms with Crippen LogP contribution < -0.4 is 5.73 Å². The van der Waals surface area contributed by atoms with Crippen molar-refractivity contribution < 1.29 is 4.39 Å². The molecule has 0 saturated heterocycles. The highest BCUT2D eigenvalue weighted by Crippen LogP contribution is 2.25. The third kappa shape index (κ3) is 3.28. The summed E-state index contributed by atoms with van der Waals surface area (Å²) >= 11 is 3.27. The van der Waals surface area contributed by atoms with Crippen LogP contribution in [0, 0.1) is 17.7 Å². The lowest BCUT2D eigenvalue weighted by atomic mass is 9.89. The predicted octanol–water partition coefficient (Wildman–Crippen LogP) is 3.36. The van der Waals surface area contributed by atoms with E-state index in [1.165, 1.54) is 6.07 Å². The molecule has 0 spiro atoms. The molecular formula is C12H17BrFN. The second-order valence-corrected chi connectivity index (χ2v) is 4.95. The van der Waals surface area contributed by atoms with Crippen molar-refractivity contribution in [2.75, 3.05) is 6.54 Å². The molecule has 1 aromatic carbocycles. The van der Waals surface area contributed by atoms with Gasteiger partial charge in [-0.1, -0.05) is 26.0 Å². The van der Waals surface area contributed by atoms with Crippen LogP contribution in [0.5, 0.6) is 0 Å². The van der Waals surface area contributed by atoms with Crippen LogP contribution >= 0.6 is 15.9 Å². The van der Waals surface area contributed by atoms with Crippen molar-refractivity contribution in [3.8, 4) is 0 Å². The topological polar surface area (TPSA) is 26.0 Å². The predicted molar refractivity (Wildman–Crippen MR) is 65.2 cm³/mol. The summed E-state index contributed by atoms with van der Waals surface area (Å²) in [6.45, 7) is 4.93. The smallest absolute Gasteiger partial charge is 0.137 e. The minimum atomic E-state index is -0.202. The number of hydrogen-bond acceptors (Lipinski definition) is 1. The SMILES string of the molecule is CC(C)C(CN)Cc1cccc(F)c1Br. The van der Waals surface area contributed by atoms with Crippen molar-refractivity contribution >= 4 is 15.9 Å². The van der Waals surface area contributed by atoms with Crippen molar-refractivity contribution in [1.82, 2.24) is 0 Å². The van der Waals surface area contributed by atoms with E-state index >= 15 is 0 Å². The fourth-order valence-corrected chi connectivity index (χ4v) is 2.01. The summed E-state index contributed by atoms with van der Waals surface area (Å²) in [4.78, 5) is 0. The van der Waals surface area contributed by atoms with Crippen molar-refractivity contribution in [3.63, 3.8) is 0 Å². The average molecular weight is 274 g/mol. The Morgan fingerprint density at radius 2 is 2.07 bits per heavy atom. The maximum Gasteiger partial charge on any atom is 0.137 e. The van der Waals surface area contributed by atoms with Crippen LogP contribution in [0.4, 0.5) is 4.39 Å². The van der Waals surface area contributed by atoms with E-state index in [2.05, 4.69) is 29.8 Å². The second-order valence-electron chi connectivity index (χ2n) is 4.16. The highest BCUT2D eigenvalue weighted by molar-refractivity contribution is 9.10. The fourth-order valence-electron chi connectivity index (χ4n) is 1.58. The molecule has 0 saturated carbocycles. The summed E-state index contributed by atoms with van der Waals surface area (Å²) in [5, 5.41) is 0. The van der Waals surface area contributed by atoms with Crippen LogP contribution in [0.2, 0.25) is 0 Å². The third-order valence-electron chi connectivity index (χ3n) is 2.76. The maximum absolute atomic E-state index is 13.3. The molecular weight excluding hydrogens is 257 g/mol. The number of hydrogen-bond donors (Lipinski definition) is 1. The molecule has 1 nitrogen and oxygen atoms in total. The maximum atomic E-state index is 13.3. The van der Waals surface area contributed by atoms with E-state index < -0.39 is 0 Å². The number of benzene rings is 1. The molecule has 0 heterocycles. The fraction of sp³-hybridized carbons (Fsp3) is 0.500. The van der Waals surface area contributed by atoms with E-state index in [0.29, 0.717) is 22.9 Å². The van der Waals surface area contributed by atoms with E-state index in [0.717, 1.165) is 12.0 Å². The van der Waals surface area contributed by atoms with Crippen molar-refractivity contribution in [2.24, 2.45) is 17.6 Å². The Balaban J connectivity index is 2.84. The number of nitrogens with two attached hydrogens (primary N) is 1. The Bertz CT molecular complexity index is 325. The highest BCUT2D eigenvalue weighted by atomic mass is 79.9. The van der Waals surface area contributed by atoms with E-state index in [9.17, 15) is 4.39 Å². The summed E-state index contributed by atoms with van der Waals surface area (Å²) in [7, 11) is 0. The standard InChI is InChI=1S/C12H17BrFN/c1-8(2)10(7-15)6-9-4-3-5-11(14)12(9)13/h3-5,8,10H,6-7,15H2,1-2H3. The first-order valence-corrected chi connectivity index (χ1v) is 5.98. The molecule has 84 valence electrons. The van der Waals surface area contributed by atoms with Gasteiger partial charge in [0.05, 0.1) is 4.47 Å². The lowest BCUT2D eigenvalue weighted by Gasteiger charge is -2.19. The van der Waals surface area contributed by atoms with Crippen LogP contribution in [0.15, 0.2) is 22.7 Å². The first-order chi connectivity index (χ1) is 7.06. The summed E-state index contributed by atoms with van der Waals surface area (Å²) in [6, 6.07) is 5.14. The Hall–Kier alpha value is -0.410. The van der Waals surface area contributed by atoms with Crippen molar-refractivity contribution in [1.29, 1.82) is 0 Å². The van der Waals surface area contributed by atoms with Gasteiger partial charge in [-0.3, -0.25) is 0 Å². The Kier molecular flexibility index (Phi) is 4.74. The summed E-state index contributed by atoms with van der Waals surface area (Å²) in [5.74, 6) is 0.722. The van der Waals surface area contributed by atoms with Gasteiger partial charge in [0.25, 0.3) is 0 Å². The minimum absolute atomic E-state index is 0.202. The van der Waals surface area contributed by atoms with Gasteiger partial charge in [-0.2, -0.15) is 0 Å². The quantitative estimate of drug-likeness (QED) is 0.895. The second kappa shape index (κ2) is 5.61. The van der Waals surface area contributed by atoms with Crippen molar-refractivity contribution in [2.45, 2.75) is 20.3 Å². The van der Waals surface area contributed by atoms with Crippen LogP contribution in [0.1, 0.15) is 19.4 Å². The van der Waals surface area contributed by atoms with Gasteiger partial charge in [-0.15, -0.1) is 0 Å². The summed E-state index contributed by atoms with van der Waals surface area (Å²) in [5.41, 5.74) is 6.70. The lowest BCUT2D eigenvalue weighted by Crippen LogP contribution is -2.22. The first kappa shape index (κ1) is 12.7. The lowest BCUT2D eigenvalue weighted by molar-refractivity contribution is 0.390. The molecule has 0 amide bonds. The molecule has 0 bridgehead atoms.